The van der Waals surface area contributed by atoms with E-state index < -0.39 is 0 Å². The molecule has 1 saturated carbocycles. The fourth-order valence-electron chi connectivity index (χ4n) is 2.60. The van der Waals surface area contributed by atoms with Gasteiger partial charge in [0.2, 0.25) is 5.88 Å². The van der Waals surface area contributed by atoms with Gasteiger partial charge in [0.15, 0.2) is 5.82 Å². The Hall–Kier alpha value is -1.19. The van der Waals surface area contributed by atoms with Crippen LogP contribution in [0, 0.1) is 0 Å². The Labute approximate surface area is 109 Å². The Balaban J connectivity index is 2.14. The van der Waals surface area contributed by atoms with Gasteiger partial charge in [-0.3, -0.25) is 0 Å². The summed E-state index contributed by atoms with van der Waals surface area (Å²) in [5.74, 6) is 1.34. The molecule has 4 nitrogen and oxygen atoms in total. The summed E-state index contributed by atoms with van der Waals surface area (Å²) in [7, 11) is 0. The predicted octanol–water partition coefficient (Wildman–Crippen LogP) is 3.53. The van der Waals surface area contributed by atoms with Crippen LogP contribution in [0.1, 0.15) is 82.1 Å². The molecular formula is C14H23N3O. The SMILES string of the molecule is CC(C)c1nnc(C2CCCCCCC2)nc1O. The lowest BCUT2D eigenvalue weighted by atomic mass is 9.90. The van der Waals surface area contributed by atoms with Crippen LogP contribution in [0.15, 0.2) is 0 Å². The molecule has 0 bridgehead atoms. The highest BCUT2D eigenvalue weighted by molar-refractivity contribution is 5.19. The van der Waals surface area contributed by atoms with Crippen LogP contribution in [-0.4, -0.2) is 20.3 Å². The molecule has 0 aliphatic heterocycles. The van der Waals surface area contributed by atoms with E-state index >= 15 is 0 Å². The number of rotatable bonds is 2. The van der Waals surface area contributed by atoms with Gasteiger partial charge in [-0.15, -0.1) is 10.2 Å². The first kappa shape index (κ1) is 13.2. The number of aromatic nitrogens is 3. The van der Waals surface area contributed by atoms with Crippen LogP contribution in [0.25, 0.3) is 0 Å². The minimum atomic E-state index is 0.0667. The molecular weight excluding hydrogens is 226 g/mol. The van der Waals surface area contributed by atoms with Gasteiger partial charge in [0.05, 0.1) is 0 Å². The van der Waals surface area contributed by atoms with Crippen LogP contribution >= 0.6 is 0 Å². The summed E-state index contributed by atoms with van der Waals surface area (Å²) < 4.78 is 0. The predicted molar refractivity (Wildman–Crippen MR) is 70.6 cm³/mol. The van der Waals surface area contributed by atoms with E-state index in [1.165, 1.54) is 32.1 Å². The van der Waals surface area contributed by atoms with Gasteiger partial charge in [-0.2, -0.15) is 4.98 Å². The van der Waals surface area contributed by atoms with E-state index in [2.05, 4.69) is 15.2 Å². The molecule has 1 heterocycles. The maximum absolute atomic E-state index is 9.90. The summed E-state index contributed by atoms with van der Waals surface area (Å²) in [6.07, 6.45) is 8.69. The second kappa shape index (κ2) is 6.12. The molecule has 0 saturated heterocycles. The van der Waals surface area contributed by atoms with E-state index in [1.54, 1.807) is 0 Å². The first-order chi connectivity index (χ1) is 8.68. The molecule has 1 aliphatic rings. The molecule has 100 valence electrons. The Morgan fingerprint density at radius 3 is 2.17 bits per heavy atom. The lowest BCUT2D eigenvalue weighted by Crippen LogP contribution is -2.10. The van der Waals surface area contributed by atoms with E-state index in [4.69, 9.17) is 0 Å². The molecule has 0 amide bonds. The zero-order valence-corrected chi connectivity index (χ0v) is 11.4. The van der Waals surface area contributed by atoms with Crippen molar-refractivity contribution >= 4 is 0 Å². The van der Waals surface area contributed by atoms with Gasteiger partial charge in [-0.25, -0.2) is 0 Å². The molecule has 1 N–H and O–H groups in total. The topological polar surface area (TPSA) is 58.9 Å². The molecule has 0 unspecified atom stereocenters. The third kappa shape index (κ3) is 3.18. The van der Waals surface area contributed by atoms with Crippen LogP contribution in [0.5, 0.6) is 5.88 Å². The third-order valence-electron chi connectivity index (χ3n) is 3.73. The van der Waals surface area contributed by atoms with Crippen molar-refractivity contribution < 1.29 is 5.11 Å². The second-order valence-corrected chi connectivity index (χ2v) is 5.58. The molecule has 4 heteroatoms. The van der Waals surface area contributed by atoms with Crippen molar-refractivity contribution in [1.82, 2.24) is 15.2 Å². The van der Waals surface area contributed by atoms with Crippen LogP contribution in [-0.2, 0) is 0 Å². The fraction of sp³-hybridized carbons (Fsp3) is 0.786. The molecule has 2 rings (SSSR count). The van der Waals surface area contributed by atoms with E-state index in [-0.39, 0.29) is 11.8 Å². The summed E-state index contributed by atoms with van der Waals surface area (Å²) in [5, 5.41) is 18.3. The van der Waals surface area contributed by atoms with Crippen molar-refractivity contribution in [3.05, 3.63) is 11.5 Å². The molecule has 1 aromatic heterocycles. The van der Waals surface area contributed by atoms with Gasteiger partial charge in [-0.05, 0) is 12.8 Å². The Morgan fingerprint density at radius 1 is 1.00 bits per heavy atom. The molecule has 1 aromatic rings. The standard InChI is InChI=1S/C14H23N3O/c1-10(2)12-14(18)15-13(17-16-12)11-8-6-4-3-5-7-9-11/h10-11H,3-9H2,1-2H3,(H,15,17,18). The maximum atomic E-state index is 9.90. The van der Waals surface area contributed by atoms with E-state index in [1.807, 2.05) is 13.8 Å². The average Bonchev–Trinajstić information content (AvgIpc) is 2.27. The van der Waals surface area contributed by atoms with Crippen LogP contribution in [0.3, 0.4) is 0 Å². The molecule has 0 spiro atoms. The van der Waals surface area contributed by atoms with Crippen molar-refractivity contribution in [2.45, 2.75) is 70.6 Å². The van der Waals surface area contributed by atoms with Gasteiger partial charge >= 0.3 is 0 Å². The van der Waals surface area contributed by atoms with Crippen molar-refractivity contribution in [1.29, 1.82) is 0 Å². The monoisotopic (exact) mass is 249 g/mol. The Morgan fingerprint density at radius 2 is 1.61 bits per heavy atom. The summed E-state index contributed by atoms with van der Waals surface area (Å²) in [4.78, 5) is 4.27. The molecule has 0 aromatic carbocycles. The van der Waals surface area contributed by atoms with Gasteiger partial charge in [0, 0.05) is 11.8 Å². The van der Waals surface area contributed by atoms with Crippen molar-refractivity contribution in [3.63, 3.8) is 0 Å². The highest BCUT2D eigenvalue weighted by Crippen LogP contribution is 2.30. The number of hydrogen-bond acceptors (Lipinski definition) is 4. The summed E-state index contributed by atoms with van der Waals surface area (Å²) >= 11 is 0. The van der Waals surface area contributed by atoms with Gasteiger partial charge < -0.3 is 5.11 Å². The largest absolute Gasteiger partial charge is 0.492 e. The lowest BCUT2D eigenvalue weighted by molar-refractivity contribution is 0.404. The zero-order chi connectivity index (χ0) is 13.0. The molecule has 18 heavy (non-hydrogen) atoms. The molecule has 0 radical (unpaired) electrons. The molecule has 0 atom stereocenters. The lowest BCUT2D eigenvalue weighted by Gasteiger charge is -2.18. The highest BCUT2D eigenvalue weighted by Gasteiger charge is 2.19. The summed E-state index contributed by atoms with van der Waals surface area (Å²) in [6, 6.07) is 0. The minimum Gasteiger partial charge on any atom is -0.492 e. The van der Waals surface area contributed by atoms with Crippen LogP contribution in [0.4, 0.5) is 0 Å². The van der Waals surface area contributed by atoms with E-state index in [9.17, 15) is 5.11 Å². The first-order valence-corrected chi connectivity index (χ1v) is 7.12. The third-order valence-corrected chi connectivity index (χ3v) is 3.73. The normalized spacial score (nSPS) is 18.6. The fourth-order valence-corrected chi connectivity index (χ4v) is 2.60. The van der Waals surface area contributed by atoms with Gasteiger partial charge in [0.1, 0.15) is 5.69 Å². The number of hydrogen-bond donors (Lipinski definition) is 1. The summed E-state index contributed by atoms with van der Waals surface area (Å²) in [6.45, 7) is 3.97. The van der Waals surface area contributed by atoms with Crippen molar-refractivity contribution in [3.8, 4) is 5.88 Å². The molecule has 1 fully saturated rings. The summed E-state index contributed by atoms with van der Waals surface area (Å²) in [5.41, 5.74) is 0.601. The minimum absolute atomic E-state index is 0.0667. The van der Waals surface area contributed by atoms with E-state index in [0.717, 1.165) is 18.7 Å². The zero-order valence-electron chi connectivity index (χ0n) is 11.4. The Bertz CT molecular complexity index is 385. The van der Waals surface area contributed by atoms with Gasteiger partial charge in [-0.1, -0.05) is 46.0 Å². The van der Waals surface area contributed by atoms with Crippen LogP contribution in [0.2, 0.25) is 0 Å². The molecule has 1 aliphatic carbocycles. The van der Waals surface area contributed by atoms with E-state index in [0.29, 0.717) is 11.6 Å². The number of nitrogens with zero attached hydrogens (tertiary/aromatic N) is 3. The highest BCUT2D eigenvalue weighted by atomic mass is 16.3. The van der Waals surface area contributed by atoms with Crippen LogP contribution < -0.4 is 0 Å². The van der Waals surface area contributed by atoms with Crippen molar-refractivity contribution in [2.24, 2.45) is 0 Å². The smallest absolute Gasteiger partial charge is 0.237 e. The average molecular weight is 249 g/mol. The second-order valence-electron chi connectivity index (χ2n) is 5.58. The quantitative estimate of drug-likeness (QED) is 0.871. The number of aromatic hydroxyl groups is 1. The Kier molecular flexibility index (Phi) is 4.50. The first-order valence-electron chi connectivity index (χ1n) is 7.12. The maximum Gasteiger partial charge on any atom is 0.237 e. The van der Waals surface area contributed by atoms with Crippen molar-refractivity contribution in [2.75, 3.05) is 0 Å². The van der Waals surface area contributed by atoms with Gasteiger partial charge in [0.25, 0.3) is 0 Å².